The van der Waals surface area contributed by atoms with Crippen LogP contribution in [0.5, 0.6) is 0 Å². The smallest absolute Gasteiger partial charge is 0.326 e. The molecule has 5 aromatic rings. The highest BCUT2D eigenvalue weighted by molar-refractivity contribution is 6.00. The minimum atomic E-state index is -0.454. The average molecular weight is 482 g/mol. The van der Waals surface area contributed by atoms with Crippen molar-refractivity contribution >= 4 is 52.4 Å². The van der Waals surface area contributed by atoms with Gasteiger partial charge in [-0.3, -0.25) is 10.00 Å². The molecule has 0 aliphatic carbocycles. The summed E-state index contributed by atoms with van der Waals surface area (Å²) in [5.41, 5.74) is 2.72. The van der Waals surface area contributed by atoms with Crippen molar-refractivity contribution in [1.29, 1.82) is 0 Å². The van der Waals surface area contributed by atoms with Crippen molar-refractivity contribution in [3.63, 3.8) is 0 Å². The van der Waals surface area contributed by atoms with E-state index in [0.717, 1.165) is 18.8 Å². The fourth-order valence-corrected chi connectivity index (χ4v) is 3.70. The molecule has 0 atom stereocenters. The number of carbonyl (C=O) groups is 1. The van der Waals surface area contributed by atoms with Gasteiger partial charge in [0.25, 0.3) is 0 Å². The van der Waals surface area contributed by atoms with Gasteiger partial charge in [-0.05, 0) is 50.2 Å². The topological polar surface area (TPSA) is 118 Å². The van der Waals surface area contributed by atoms with Gasteiger partial charge in [0.05, 0.1) is 11.6 Å². The molecule has 0 saturated carbocycles. The van der Waals surface area contributed by atoms with E-state index in [2.05, 4.69) is 49.5 Å². The molecule has 2 N–H and O–H groups in total. The normalized spacial score (nSPS) is 10.9. The van der Waals surface area contributed by atoms with E-state index >= 15 is 0 Å². The van der Waals surface area contributed by atoms with Crippen LogP contribution in [0.15, 0.2) is 53.3 Å². The van der Waals surface area contributed by atoms with E-state index in [4.69, 9.17) is 4.42 Å². The number of hydrogen-bond donors (Lipinski definition) is 2. The van der Waals surface area contributed by atoms with E-state index in [-0.39, 0.29) is 18.4 Å². The standard InChI is InChI=1S/C22H23N9O2.ClH/c1-4-30(5-2)15-10-8-14(9-11-15)23-22(32)26-21-25-18-16(13-29(3)27-18)20-24-19(28-31(20)21)17-7-6-12-33-17;/h6-13H,4-5H2,1-3H3,(H2,23,25,26,27,32);1H. The van der Waals surface area contributed by atoms with Crippen molar-refractivity contribution in [3.05, 3.63) is 48.9 Å². The molecule has 1 aromatic carbocycles. The Labute approximate surface area is 201 Å². The van der Waals surface area contributed by atoms with Gasteiger partial charge in [-0.15, -0.1) is 17.5 Å². The molecule has 0 spiro atoms. The fraction of sp³-hybridized carbons (Fsp3) is 0.227. The van der Waals surface area contributed by atoms with Gasteiger partial charge in [0.15, 0.2) is 17.1 Å². The summed E-state index contributed by atoms with van der Waals surface area (Å²) >= 11 is 0. The van der Waals surface area contributed by atoms with Gasteiger partial charge in [-0.2, -0.15) is 14.6 Å². The maximum absolute atomic E-state index is 12.8. The Morgan fingerprint density at radius 3 is 2.50 bits per heavy atom. The van der Waals surface area contributed by atoms with Crippen molar-refractivity contribution in [2.75, 3.05) is 28.6 Å². The Morgan fingerprint density at radius 1 is 1.06 bits per heavy atom. The van der Waals surface area contributed by atoms with E-state index in [1.165, 1.54) is 4.52 Å². The predicted octanol–water partition coefficient (Wildman–Crippen LogP) is 4.18. The summed E-state index contributed by atoms with van der Waals surface area (Å²) in [5.74, 6) is 1.09. The van der Waals surface area contributed by atoms with Crippen LogP contribution in [0.1, 0.15) is 13.8 Å². The number of urea groups is 1. The SMILES string of the molecule is CCN(CC)c1ccc(NC(=O)Nc2nc3nn(C)cc3c3nc(-c4ccco4)nn23)cc1.Cl. The lowest BCUT2D eigenvalue weighted by Crippen LogP contribution is -2.23. The van der Waals surface area contributed by atoms with Crippen LogP contribution in [0.25, 0.3) is 28.3 Å². The van der Waals surface area contributed by atoms with Gasteiger partial charge in [-0.1, -0.05) is 0 Å². The number of nitrogens with one attached hydrogen (secondary N) is 2. The molecule has 0 aliphatic rings. The third-order valence-corrected chi connectivity index (χ3v) is 5.29. The zero-order chi connectivity index (χ0) is 22.9. The lowest BCUT2D eigenvalue weighted by molar-refractivity contribution is 0.262. The molecular formula is C22H24ClN9O2. The van der Waals surface area contributed by atoms with Gasteiger partial charge >= 0.3 is 6.03 Å². The van der Waals surface area contributed by atoms with Crippen LogP contribution in [0.2, 0.25) is 0 Å². The molecule has 0 aliphatic heterocycles. The fourth-order valence-electron chi connectivity index (χ4n) is 3.70. The number of anilines is 3. The van der Waals surface area contributed by atoms with Crippen molar-refractivity contribution < 1.29 is 9.21 Å². The summed E-state index contributed by atoms with van der Waals surface area (Å²) in [6.45, 7) is 6.05. The lowest BCUT2D eigenvalue weighted by atomic mass is 10.2. The lowest BCUT2D eigenvalue weighted by Gasteiger charge is -2.21. The third-order valence-electron chi connectivity index (χ3n) is 5.29. The van der Waals surface area contributed by atoms with E-state index in [9.17, 15) is 4.79 Å². The van der Waals surface area contributed by atoms with E-state index in [1.54, 1.807) is 36.3 Å². The molecule has 176 valence electrons. The Morgan fingerprint density at radius 2 is 1.82 bits per heavy atom. The van der Waals surface area contributed by atoms with Gasteiger partial charge < -0.3 is 14.6 Å². The molecule has 0 saturated heterocycles. The average Bonchev–Trinajstić information content (AvgIpc) is 3.54. The Kier molecular flexibility index (Phi) is 6.37. The number of aromatic nitrogens is 6. The van der Waals surface area contributed by atoms with Crippen molar-refractivity contribution in [1.82, 2.24) is 29.4 Å². The zero-order valence-electron chi connectivity index (χ0n) is 18.9. The maximum atomic E-state index is 12.8. The number of halogens is 1. The number of hydrogen-bond acceptors (Lipinski definition) is 7. The second kappa shape index (κ2) is 9.40. The Bertz CT molecular complexity index is 1420. The minimum Gasteiger partial charge on any atom is -0.461 e. The van der Waals surface area contributed by atoms with Crippen LogP contribution in [0, 0.1) is 0 Å². The molecule has 4 aromatic heterocycles. The quantitative estimate of drug-likeness (QED) is 0.373. The number of aryl methyl sites for hydroxylation is 1. The van der Waals surface area contributed by atoms with Crippen LogP contribution >= 0.6 is 12.4 Å². The van der Waals surface area contributed by atoms with Crippen LogP contribution in [-0.2, 0) is 7.05 Å². The summed E-state index contributed by atoms with van der Waals surface area (Å²) in [6, 6.07) is 10.8. The van der Waals surface area contributed by atoms with Crippen molar-refractivity contribution in [3.8, 4) is 11.6 Å². The van der Waals surface area contributed by atoms with Crippen LogP contribution in [0.3, 0.4) is 0 Å². The molecule has 12 heteroatoms. The largest absolute Gasteiger partial charge is 0.461 e. The first-order valence-corrected chi connectivity index (χ1v) is 10.6. The van der Waals surface area contributed by atoms with E-state index in [0.29, 0.717) is 34.0 Å². The Hall–Kier alpha value is -4.12. The molecule has 2 amide bonds. The van der Waals surface area contributed by atoms with E-state index in [1.807, 2.05) is 24.3 Å². The predicted molar refractivity (Wildman–Crippen MR) is 133 cm³/mol. The van der Waals surface area contributed by atoms with E-state index < -0.39 is 6.03 Å². The molecule has 4 heterocycles. The highest BCUT2D eigenvalue weighted by atomic mass is 35.5. The van der Waals surface area contributed by atoms with Crippen LogP contribution in [-0.4, -0.2) is 48.5 Å². The molecule has 0 fully saturated rings. The van der Waals surface area contributed by atoms with Crippen molar-refractivity contribution in [2.24, 2.45) is 7.05 Å². The van der Waals surface area contributed by atoms with Gasteiger partial charge in [-0.25, -0.2) is 9.78 Å². The van der Waals surface area contributed by atoms with Crippen LogP contribution in [0.4, 0.5) is 22.1 Å². The summed E-state index contributed by atoms with van der Waals surface area (Å²) in [4.78, 5) is 24.0. The molecule has 0 unspecified atom stereocenters. The maximum Gasteiger partial charge on any atom is 0.326 e. The molecule has 0 radical (unpaired) electrons. The highest BCUT2D eigenvalue weighted by Crippen LogP contribution is 2.24. The number of furan rings is 1. The first-order chi connectivity index (χ1) is 16.1. The first-order valence-electron chi connectivity index (χ1n) is 10.6. The zero-order valence-corrected chi connectivity index (χ0v) is 19.7. The van der Waals surface area contributed by atoms with Gasteiger partial charge in [0.2, 0.25) is 11.8 Å². The molecule has 11 nitrogen and oxygen atoms in total. The molecule has 0 bridgehead atoms. The third kappa shape index (κ3) is 4.25. The molecule has 5 rings (SSSR count). The highest BCUT2D eigenvalue weighted by Gasteiger charge is 2.19. The number of amides is 2. The number of benzene rings is 1. The summed E-state index contributed by atoms with van der Waals surface area (Å²) < 4.78 is 8.54. The second-order valence-corrected chi connectivity index (χ2v) is 7.42. The summed E-state index contributed by atoms with van der Waals surface area (Å²) in [7, 11) is 1.80. The number of carbonyl (C=O) groups excluding carboxylic acids is 1. The molecule has 34 heavy (non-hydrogen) atoms. The summed E-state index contributed by atoms with van der Waals surface area (Å²) in [5, 5.41) is 15.1. The van der Waals surface area contributed by atoms with Crippen LogP contribution < -0.4 is 15.5 Å². The second-order valence-electron chi connectivity index (χ2n) is 7.42. The number of rotatable bonds is 6. The minimum absolute atomic E-state index is 0. The number of fused-ring (bicyclic) bond motifs is 3. The van der Waals surface area contributed by atoms with Gasteiger partial charge in [0, 0.05) is 37.7 Å². The number of nitrogens with zero attached hydrogens (tertiary/aromatic N) is 7. The summed E-state index contributed by atoms with van der Waals surface area (Å²) in [6.07, 6.45) is 3.36. The Balaban J connectivity index is 0.00000274. The van der Waals surface area contributed by atoms with Crippen molar-refractivity contribution in [2.45, 2.75) is 13.8 Å². The molecular weight excluding hydrogens is 458 g/mol. The van der Waals surface area contributed by atoms with Gasteiger partial charge in [0.1, 0.15) is 0 Å². The monoisotopic (exact) mass is 481 g/mol. The first kappa shape index (κ1) is 23.1.